The van der Waals surface area contributed by atoms with E-state index in [0.29, 0.717) is 43.4 Å². The summed E-state index contributed by atoms with van der Waals surface area (Å²) >= 11 is 0. The molecule has 4 aromatic heterocycles. The zero-order chi connectivity index (χ0) is 25.7. The molecule has 198 valence electrons. The smallest absolute Gasteiger partial charge is 0.225 e. The van der Waals surface area contributed by atoms with Crippen LogP contribution in [-0.2, 0) is 18.4 Å². The molecule has 6 rings (SSSR count). The number of pyridine rings is 2. The second-order valence-corrected chi connectivity index (χ2v) is 9.68. The number of hydrogen-bond acceptors (Lipinski definition) is 10. The van der Waals surface area contributed by atoms with Gasteiger partial charge in [-0.25, -0.2) is 15.0 Å². The lowest BCUT2D eigenvalue weighted by atomic mass is 9.93. The van der Waals surface area contributed by atoms with E-state index >= 15 is 0 Å². The molecule has 0 unspecified atom stereocenters. The molecule has 0 spiro atoms. The second kappa shape index (κ2) is 11.2. The molecular weight excluding hydrogens is 484 g/mol. The molecule has 2 fully saturated rings. The second-order valence-electron chi connectivity index (χ2n) is 9.68. The van der Waals surface area contributed by atoms with Crippen LogP contribution in [0.1, 0.15) is 31.5 Å². The quantitative estimate of drug-likeness (QED) is 0.374. The van der Waals surface area contributed by atoms with Gasteiger partial charge in [-0.15, -0.1) is 0 Å². The first kappa shape index (κ1) is 24.4. The molecule has 0 radical (unpaired) electrons. The molecule has 4 aromatic rings. The number of aryl methyl sites for hydroxylation is 1. The van der Waals surface area contributed by atoms with Crippen LogP contribution < -0.4 is 19.7 Å². The molecule has 1 aliphatic carbocycles. The van der Waals surface area contributed by atoms with E-state index in [1.807, 2.05) is 42.2 Å². The van der Waals surface area contributed by atoms with Gasteiger partial charge in [-0.2, -0.15) is 4.98 Å². The van der Waals surface area contributed by atoms with Crippen LogP contribution in [0.15, 0.2) is 49.2 Å². The summed E-state index contributed by atoms with van der Waals surface area (Å²) in [6.07, 6.45) is 12.7. The highest BCUT2D eigenvalue weighted by atomic mass is 16.5. The number of ether oxygens (including phenoxy) is 3. The van der Waals surface area contributed by atoms with Crippen molar-refractivity contribution in [3.05, 3.63) is 55.0 Å². The first-order chi connectivity index (χ1) is 18.7. The Labute approximate surface area is 221 Å². The first-order valence-corrected chi connectivity index (χ1v) is 13.1. The van der Waals surface area contributed by atoms with E-state index < -0.39 is 0 Å². The minimum Gasteiger partial charge on any atom is -0.482 e. The maximum absolute atomic E-state index is 6.49. The van der Waals surface area contributed by atoms with Crippen molar-refractivity contribution in [1.29, 1.82) is 0 Å². The standard InChI is InChI=1S/C27H32N8O3/c1-34-10-9-29-25(34)18-37-21-16-30-27(31-17-21)32-19-4-6-20(7-5-19)38-26-22-3-2-8-28-23(22)15-24(33-26)35-11-13-36-14-12-35/h2-3,8-10,15-17,19-20H,4-7,11-14,18H2,1H3,(H,30,31,32). The third-order valence-electron chi connectivity index (χ3n) is 7.09. The van der Waals surface area contributed by atoms with Gasteiger partial charge in [0.2, 0.25) is 11.8 Å². The third-order valence-corrected chi connectivity index (χ3v) is 7.09. The first-order valence-electron chi connectivity index (χ1n) is 13.1. The van der Waals surface area contributed by atoms with Crippen LogP contribution in [0.5, 0.6) is 11.6 Å². The molecule has 5 heterocycles. The van der Waals surface area contributed by atoms with Crippen LogP contribution >= 0.6 is 0 Å². The van der Waals surface area contributed by atoms with Crippen molar-refractivity contribution in [2.24, 2.45) is 7.05 Å². The van der Waals surface area contributed by atoms with Crippen LogP contribution in [0.25, 0.3) is 10.9 Å². The summed E-state index contributed by atoms with van der Waals surface area (Å²) in [4.78, 5) is 24.8. The Hall–Kier alpha value is -3.99. The van der Waals surface area contributed by atoms with Crippen LogP contribution in [-0.4, -0.2) is 67.9 Å². The number of nitrogens with one attached hydrogen (secondary N) is 1. The Morgan fingerprint density at radius 3 is 2.61 bits per heavy atom. The molecule has 38 heavy (non-hydrogen) atoms. The molecule has 1 aliphatic heterocycles. The summed E-state index contributed by atoms with van der Waals surface area (Å²) in [5, 5.41) is 4.41. The third kappa shape index (κ3) is 5.62. The maximum Gasteiger partial charge on any atom is 0.225 e. The lowest BCUT2D eigenvalue weighted by Gasteiger charge is -2.31. The fourth-order valence-corrected chi connectivity index (χ4v) is 4.89. The number of morpholine rings is 1. The predicted molar refractivity (Wildman–Crippen MR) is 142 cm³/mol. The van der Waals surface area contributed by atoms with Crippen molar-refractivity contribution in [2.45, 2.75) is 44.4 Å². The predicted octanol–water partition coefficient (Wildman–Crippen LogP) is 3.37. The van der Waals surface area contributed by atoms with E-state index in [-0.39, 0.29) is 6.10 Å². The zero-order valence-corrected chi connectivity index (χ0v) is 21.5. The van der Waals surface area contributed by atoms with Gasteiger partial charge in [-0.1, -0.05) is 0 Å². The molecule has 0 bridgehead atoms. The highest BCUT2D eigenvalue weighted by Gasteiger charge is 2.25. The zero-order valence-electron chi connectivity index (χ0n) is 21.5. The van der Waals surface area contributed by atoms with Gasteiger partial charge in [0, 0.05) is 50.8 Å². The summed E-state index contributed by atoms with van der Waals surface area (Å²) < 4.78 is 19.7. The van der Waals surface area contributed by atoms with Gasteiger partial charge in [-0.3, -0.25) is 4.98 Å². The molecule has 0 atom stereocenters. The number of nitrogens with zero attached hydrogens (tertiary/aromatic N) is 7. The van der Waals surface area contributed by atoms with Gasteiger partial charge in [0.15, 0.2) is 5.75 Å². The highest BCUT2D eigenvalue weighted by Crippen LogP contribution is 2.31. The number of anilines is 2. The Balaban J connectivity index is 1.04. The monoisotopic (exact) mass is 516 g/mol. The van der Waals surface area contributed by atoms with Crippen molar-refractivity contribution < 1.29 is 14.2 Å². The van der Waals surface area contributed by atoms with Crippen molar-refractivity contribution in [3.8, 4) is 11.6 Å². The minimum absolute atomic E-state index is 0.103. The molecule has 11 heteroatoms. The van der Waals surface area contributed by atoms with Crippen molar-refractivity contribution >= 4 is 22.7 Å². The molecule has 1 N–H and O–H groups in total. The Bertz CT molecular complexity index is 1350. The largest absolute Gasteiger partial charge is 0.482 e. The van der Waals surface area contributed by atoms with Crippen molar-refractivity contribution in [1.82, 2.24) is 29.5 Å². The number of hydrogen-bond donors (Lipinski definition) is 1. The number of aromatic nitrogens is 6. The molecule has 1 saturated heterocycles. The summed E-state index contributed by atoms with van der Waals surface area (Å²) in [6.45, 7) is 3.43. The van der Waals surface area contributed by atoms with E-state index in [2.05, 4.69) is 30.2 Å². The SMILES string of the molecule is Cn1ccnc1COc1cnc(NC2CCC(Oc3nc(N4CCOCC4)cc4ncccc34)CC2)nc1. The Kier molecular flexibility index (Phi) is 7.16. The van der Waals surface area contributed by atoms with Gasteiger partial charge in [0.1, 0.15) is 24.4 Å². The lowest BCUT2D eigenvalue weighted by molar-refractivity contribution is 0.122. The minimum atomic E-state index is 0.103. The fraction of sp³-hybridized carbons (Fsp3) is 0.444. The van der Waals surface area contributed by atoms with E-state index in [1.165, 1.54) is 0 Å². The van der Waals surface area contributed by atoms with Gasteiger partial charge < -0.3 is 29.0 Å². The molecule has 0 aromatic carbocycles. The normalized spacial score (nSPS) is 19.9. The topological polar surface area (TPSA) is 112 Å². The van der Waals surface area contributed by atoms with Crippen LogP contribution in [0.4, 0.5) is 11.8 Å². The van der Waals surface area contributed by atoms with Gasteiger partial charge in [0.05, 0.1) is 36.5 Å². The van der Waals surface area contributed by atoms with Gasteiger partial charge >= 0.3 is 0 Å². The Morgan fingerprint density at radius 1 is 1.03 bits per heavy atom. The van der Waals surface area contributed by atoms with E-state index in [0.717, 1.165) is 61.3 Å². The van der Waals surface area contributed by atoms with E-state index in [1.54, 1.807) is 18.6 Å². The van der Waals surface area contributed by atoms with E-state index in [4.69, 9.17) is 19.2 Å². The molecule has 2 aliphatic rings. The molecule has 0 amide bonds. The fourth-order valence-electron chi connectivity index (χ4n) is 4.89. The number of fused-ring (bicyclic) bond motifs is 1. The summed E-state index contributed by atoms with van der Waals surface area (Å²) in [5.41, 5.74) is 0.902. The van der Waals surface area contributed by atoms with E-state index in [9.17, 15) is 0 Å². The summed E-state index contributed by atoms with van der Waals surface area (Å²) in [5.74, 6) is 3.63. The van der Waals surface area contributed by atoms with Crippen molar-refractivity contribution in [2.75, 3.05) is 36.5 Å². The number of rotatable bonds is 8. The molecule has 11 nitrogen and oxygen atoms in total. The highest BCUT2D eigenvalue weighted by molar-refractivity contribution is 5.85. The maximum atomic E-state index is 6.49. The van der Waals surface area contributed by atoms with Crippen LogP contribution in [0, 0.1) is 0 Å². The average molecular weight is 517 g/mol. The summed E-state index contributed by atoms with van der Waals surface area (Å²) in [6, 6.07) is 6.30. The van der Waals surface area contributed by atoms with Crippen molar-refractivity contribution in [3.63, 3.8) is 0 Å². The van der Waals surface area contributed by atoms with Gasteiger partial charge in [0.25, 0.3) is 0 Å². The molecular formula is C27H32N8O3. The summed E-state index contributed by atoms with van der Waals surface area (Å²) in [7, 11) is 1.94. The Morgan fingerprint density at radius 2 is 1.84 bits per heavy atom. The van der Waals surface area contributed by atoms with Crippen LogP contribution in [0.2, 0.25) is 0 Å². The lowest BCUT2D eigenvalue weighted by Crippen LogP contribution is -2.37. The average Bonchev–Trinajstić information content (AvgIpc) is 3.38. The van der Waals surface area contributed by atoms with Crippen LogP contribution in [0.3, 0.4) is 0 Å². The number of imidazole rings is 1. The van der Waals surface area contributed by atoms with Gasteiger partial charge in [-0.05, 0) is 37.8 Å². The molecule has 1 saturated carbocycles.